The van der Waals surface area contributed by atoms with E-state index in [-0.39, 0.29) is 0 Å². The minimum Gasteiger partial charge on any atom is -0.444 e. The summed E-state index contributed by atoms with van der Waals surface area (Å²) in [4.78, 5) is 24.3. The van der Waals surface area contributed by atoms with Gasteiger partial charge in [-0.3, -0.25) is 10.1 Å². The van der Waals surface area contributed by atoms with Gasteiger partial charge in [0.25, 0.3) is 0 Å². The van der Waals surface area contributed by atoms with Crippen molar-refractivity contribution < 1.29 is 14.3 Å². The van der Waals surface area contributed by atoms with E-state index in [1.165, 1.54) is 0 Å². The highest BCUT2D eigenvalue weighted by Gasteiger charge is 2.26. The van der Waals surface area contributed by atoms with Crippen molar-refractivity contribution >= 4 is 23.3 Å². The third-order valence-corrected chi connectivity index (χ3v) is 3.50. The topological polar surface area (TPSA) is 93.4 Å². The number of ether oxygens (including phenoxy) is 1. The van der Waals surface area contributed by atoms with Crippen LogP contribution in [0.5, 0.6) is 0 Å². The van der Waals surface area contributed by atoms with E-state index in [4.69, 9.17) is 10.5 Å². The molecular formula is C14H23N3O3S. The van der Waals surface area contributed by atoms with Gasteiger partial charge in [0.05, 0.1) is 6.04 Å². The molecule has 4 N–H and O–H groups in total. The molecule has 2 amide bonds. The lowest BCUT2D eigenvalue weighted by Crippen LogP contribution is -2.55. The van der Waals surface area contributed by atoms with Crippen molar-refractivity contribution in [1.29, 1.82) is 0 Å². The van der Waals surface area contributed by atoms with Gasteiger partial charge < -0.3 is 15.8 Å². The molecule has 0 fully saturated rings. The Hall–Kier alpha value is -1.60. The van der Waals surface area contributed by atoms with Crippen LogP contribution in [0.15, 0.2) is 17.5 Å². The maximum atomic E-state index is 11.7. The Labute approximate surface area is 129 Å². The second kappa shape index (κ2) is 7.42. The number of nitrogens with two attached hydrogens (primary N) is 1. The highest BCUT2D eigenvalue weighted by Crippen LogP contribution is 2.09. The standard InChI is InChI=1S/C14H23N3O3S/c1-9(17-13(19)20-14(2,3)4)11(12(15)18)16-8-10-6-5-7-21-10/h5-7,9,11,16H,8H2,1-4H3,(H2,15,18)(H,17,19). The van der Waals surface area contributed by atoms with Crippen molar-refractivity contribution in [2.45, 2.75) is 51.9 Å². The molecule has 7 heteroatoms. The van der Waals surface area contributed by atoms with E-state index in [9.17, 15) is 9.59 Å². The van der Waals surface area contributed by atoms with Crippen LogP contribution in [0.3, 0.4) is 0 Å². The van der Waals surface area contributed by atoms with Crippen molar-refractivity contribution in [2.24, 2.45) is 5.73 Å². The number of carbonyl (C=O) groups excluding carboxylic acids is 2. The van der Waals surface area contributed by atoms with Crippen molar-refractivity contribution in [3.63, 3.8) is 0 Å². The summed E-state index contributed by atoms with van der Waals surface area (Å²) in [5.41, 5.74) is 4.80. The fourth-order valence-corrected chi connectivity index (χ4v) is 2.38. The maximum absolute atomic E-state index is 11.7. The summed E-state index contributed by atoms with van der Waals surface area (Å²) in [6.07, 6.45) is -0.570. The molecule has 21 heavy (non-hydrogen) atoms. The van der Waals surface area contributed by atoms with Crippen molar-refractivity contribution in [2.75, 3.05) is 0 Å². The van der Waals surface area contributed by atoms with Gasteiger partial charge >= 0.3 is 6.09 Å². The van der Waals surface area contributed by atoms with Crippen LogP contribution in [0.2, 0.25) is 0 Å². The maximum Gasteiger partial charge on any atom is 0.407 e. The van der Waals surface area contributed by atoms with Crippen LogP contribution in [-0.4, -0.2) is 29.7 Å². The summed E-state index contributed by atoms with van der Waals surface area (Å²) >= 11 is 1.58. The predicted molar refractivity (Wildman–Crippen MR) is 83.0 cm³/mol. The van der Waals surface area contributed by atoms with Gasteiger partial charge in [-0.2, -0.15) is 0 Å². The summed E-state index contributed by atoms with van der Waals surface area (Å²) < 4.78 is 5.16. The Morgan fingerprint density at radius 2 is 2.10 bits per heavy atom. The van der Waals surface area contributed by atoms with E-state index < -0.39 is 29.7 Å². The van der Waals surface area contributed by atoms with Crippen molar-refractivity contribution in [1.82, 2.24) is 10.6 Å². The molecular weight excluding hydrogens is 290 g/mol. The Balaban J connectivity index is 2.55. The summed E-state index contributed by atoms with van der Waals surface area (Å²) in [6.45, 7) is 7.56. The SMILES string of the molecule is CC(NC(=O)OC(C)(C)C)C(NCc1cccs1)C(N)=O. The molecule has 0 aromatic carbocycles. The van der Waals surface area contributed by atoms with E-state index in [2.05, 4.69) is 10.6 Å². The van der Waals surface area contributed by atoms with Crippen LogP contribution >= 0.6 is 11.3 Å². The van der Waals surface area contributed by atoms with Gasteiger partial charge in [0.2, 0.25) is 5.91 Å². The molecule has 0 bridgehead atoms. The summed E-state index contributed by atoms with van der Waals surface area (Å²) in [5.74, 6) is -0.518. The molecule has 0 aliphatic heterocycles. The molecule has 0 spiro atoms. The first kappa shape index (κ1) is 17.5. The first-order chi connectivity index (χ1) is 9.69. The van der Waals surface area contributed by atoms with Gasteiger partial charge in [-0.05, 0) is 39.1 Å². The number of alkyl carbamates (subject to hydrolysis) is 1. The molecule has 6 nitrogen and oxygen atoms in total. The summed E-state index contributed by atoms with van der Waals surface area (Å²) in [5, 5.41) is 7.64. The van der Waals surface area contributed by atoms with E-state index in [1.807, 2.05) is 17.5 Å². The quantitative estimate of drug-likeness (QED) is 0.743. The normalized spacial score (nSPS) is 14.3. The molecule has 0 saturated heterocycles. The lowest BCUT2D eigenvalue weighted by Gasteiger charge is -2.25. The third kappa shape index (κ3) is 6.59. The smallest absolute Gasteiger partial charge is 0.407 e. The van der Waals surface area contributed by atoms with Crippen LogP contribution in [0, 0.1) is 0 Å². The minimum absolute atomic E-state index is 0.475. The van der Waals surface area contributed by atoms with E-state index in [0.717, 1.165) is 4.88 Å². The molecule has 0 aliphatic rings. The Bertz CT molecular complexity index is 468. The zero-order valence-corrected chi connectivity index (χ0v) is 13.6. The van der Waals surface area contributed by atoms with Crippen molar-refractivity contribution in [3.05, 3.63) is 22.4 Å². The first-order valence-electron chi connectivity index (χ1n) is 6.73. The van der Waals surface area contributed by atoms with Crippen LogP contribution in [0.4, 0.5) is 4.79 Å². The molecule has 2 atom stereocenters. The molecule has 1 heterocycles. The number of rotatable bonds is 6. The molecule has 1 aromatic rings. The zero-order chi connectivity index (χ0) is 16.0. The monoisotopic (exact) mass is 313 g/mol. The van der Waals surface area contributed by atoms with Crippen LogP contribution in [0.25, 0.3) is 0 Å². The lowest BCUT2D eigenvalue weighted by atomic mass is 10.1. The van der Waals surface area contributed by atoms with E-state index >= 15 is 0 Å². The highest BCUT2D eigenvalue weighted by molar-refractivity contribution is 7.09. The Morgan fingerprint density at radius 1 is 1.43 bits per heavy atom. The van der Waals surface area contributed by atoms with Gasteiger partial charge in [0, 0.05) is 11.4 Å². The number of hydrogen-bond acceptors (Lipinski definition) is 5. The molecule has 0 aliphatic carbocycles. The largest absolute Gasteiger partial charge is 0.444 e. The average molecular weight is 313 g/mol. The van der Waals surface area contributed by atoms with E-state index in [1.54, 1.807) is 39.0 Å². The number of nitrogens with one attached hydrogen (secondary N) is 2. The second-order valence-corrected chi connectivity index (χ2v) is 6.81. The highest BCUT2D eigenvalue weighted by atomic mass is 32.1. The van der Waals surface area contributed by atoms with Crippen molar-refractivity contribution in [3.8, 4) is 0 Å². The van der Waals surface area contributed by atoms with Gasteiger partial charge in [0.15, 0.2) is 0 Å². The average Bonchev–Trinajstić information content (AvgIpc) is 2.78. The summed E-state index contributed by atoms with van der Waals surface area (Å²) in [7, 11) is 0. The number of thiophene rings is 1. The zero-order valence-electron chi connectivity index (χ0n) is 12.8. The lowest BCUT2D eigenvalue weighted by molar-refractivity contribution is -0.120. The molecule has 2 unspecified atom stereocenters. The molecule has 1 aromatic heterocycles. The van der Waals surface area contributed by atoms with Crippen LogP contribution in [0.1, 0.15) is 32.6 Å². The molecule has 0 saturated carbocycles. The predicted octanol–water partition coefficient (Wildman–Crippen LogP) is 1.60. The Kier molecular flexibility index (Phi) is 6.17. The van der Waals surface area contributed by atoms with Gasteiger partial charge in [-0.1, -0.05) is 6.07 Å². The fourth-order valence-electron chi connectivity index (χ4n) is 1.72. The second-order valence-electron chi connectivity index (χ2n) is 5.78. The van der Waals surface area contributed by atoms with E-state index in [0.29, 0.717) is 6.54 Å². The third-order valence-electron chi connectivity index (χ3n) is 2.63. The summed E-state index contributed by atoms with van der Waals surface area (Å²) in [6, 6.07) is 2.75. The van der Waals surface area contributed by atoms with Gasteiger partial charge in [-0.25, -0.2) is 4.79 Å². The minimum atomic E-state index is -0.667. The molecule has 118 valence electrons. The number of primary amides is 1. The molecule has 1 rings (SSSR count). The number of carbonyl (C=O) groups is 2. The van der Waals surface area contributed by atoms with Crippen LogP contribution < -0.4 is 16.4 Å². The van der Waals surface area contributed by atoms with Gasteiger partial charge in [-0.15, -0.1) is 11.3 Å². The fraction of sp³-hybridized carbons (Fsp3) is 0.571. The number of amides is 2. The van der Waals surface area contributed by atoms with Crippen LogP contribution in [-0.2, 0) is 16.1 Å². The first-order valence-corrected chi connectivity index (χ1v) is 7.61. The Morgan fingerprint density at radius 3 is 2.57 bits per heavy atom. The number of hydrogen-bond donors (Lipinski definition) is 3. The van der Waals surface area contributed by atoms with Gasteiger partial charge in [0.1, 0.15) is 11.6 Å². The molecule has 0 radical (unpaired) electrons.